The maximum atomic E-state index is 5.71. The molecular weight excluding hydrogens is 188 g/mol. The lowest BCUT2D eigenvalue weighted by Gasteiger charge is -2.36. The van der Waals surface area contributed by atoms with Crippen LogP contribution in [0.15, 0.2) is 0 Å². The van der Waals surface area contributed by atoms with Crippen molar-refractivity contribution in [3.8, 4) is 0 Å². The highest BCUT2D eigenvalue weighted by Crippen LogP contribution is 2.25. The highest BCUT2D eigenvalue weighted by Gasteiger charge is 2.31. The van der Waals surface area contributed by atoms with Gasteiger partial charge in [-0.05, 0) is 32.7 Å². The van der Waals surface area contributed by atoms with Crippen molar-refractivity contribution in [3.63, 3.8) is 0 Å². The zero-order valence-electron chi connectivity index (χ0n) is 10.0. The van der Waals surface area contributed by atoms with Crippen LogP contribution in [0.25, 0.3) is 0 Å². The molecule has 2 fully saturated rings. The van der Waals surface area contributed by atoms with E-state index in [-0.39, 0.29) is 0 Å². The number of nitrogens with one attached hydrogen (secondary N) is 1. The van der Waals surface area contributed by atoms with Gasteiger partial charge >= 0.3 is 0 Å². The maximum absolute atomic E-state index is 5.71. The van der Waals surface area contributed by atoms with Crippen molar-refractivity contribution in [2.75, 3.05) is 26.7 Å². The van der Waals surface area contributed by atoms with Gasteiger partial charge in [0.1, 0.15) is 0 Å². The molecule has 0 aromatic carbocycles. The molecule has 1 saturated carbocycles. The molecule has 0 amide bonds. The van der Waals surface area contributed by atoms with Gasteiger partial charge in [-0.2, -0.15) is 0 Å². The van der Waals surface area contributed by atoms with E-state index in [1.54, 1.807) is 0 Å². The molecule has 15 heavy (non-hydrogen) atoms. The Labute approximate surface area is 93.2 Å². The molecule has 3 nitrogen and oxygen atoms in total. The van der Waals surface area contributed by atoms with Crippen LogP contribution in [-0.2, 0) is 4.74 Å². The molecule has 2 aliphatic rings. The monoisotopic (exact) mass is 212 g/mol. The van der Waals surface area contributed by atoms with E-state index in [0.717, 1.165) is 38.2 Å². The lowest BCUT2D eigenvalue weighted by Crippen LogP contribution is -2.47. The molecule has 0 aromatic rings. The third-order valence-electron chi connectivity index (χ3n) is 3.96. The molecule has 3 atom stereocenters. The summed E-state index contributed by atoms with van der Waals surface area (Å²) in [5.74, 6) is 0. The molecule has 1 aliphatic carbocycles. The van der Waals surface area contributed by atoms with Crippen molar-refractivity contribution < 1.29 is 4.74 Å². The van der Waals surface area contributed by atoms with Crippen LogP contribution in [0.1, 0.15) is 32.6 Å². The number of nitrogens with zero attached hydrogens (tertiary/aromatic N) is 1. The Morgan fingerprint density at radius 1 is 1.40 bits per heavy atom. The summed E-state index contributed by atoms with van der Waals surface area (Å²) in [6, 6.07) is 1.55. The van der Waals surface area contributed by atoms with Crippen LogP contribution in [0.5, 0.6) is 0 Å². The summed E-state index contributed by atoms with van der Waals surface area (Å²) in [7, 11) is 2.08. The third kappa shape index (κ3) is 2.71. The lowest BCUT2D eigenvalue weighted by molar-refractivity contribution is -0.0436. The quantitative estimate of drug-likeness (QED) is 0.762. The van der Waals surface area contributed by atoms with Gasteiger partial charge in [0.25, 0.3) is 0 Å². The standard InChI is InChI=1S/C12H24N2O/c1-3-12-9-14(6-7-15-12)11-5-4-10(8-11)13-2/h10-13H,3-9H2,1-2H3. The van der Waals surface area contributed by atoms with E-state index in [4.69, 9.17) is 4.74 Å². The molecule has 1 heterocycles. The van der Waals surface area contributed by atoms with E-state index >= 15 is 0 Å². The Balaban J connectivity index is 1.83. The van der Waals surface area contributed by atoms with Gasteiger partial charge in [-0.25, -0.2) is 0 Å². The highest BCUT2D eigenvalue weighted by atomic mass is 16.5. The number of hydrogen-bond acceptors (Lipinski definition) is 3. The highest BCUT2D eigenvalue weighted by molar-refractivity contribution is 4.88. The molecule has 0 aromatic heterocycles. The zero-order valence-corrected chi connectivity index (χ0v) is 10.0. The molecule has 1 N–H and O–H groups in total. The number of morpholine rings is 1. The molecule has 3 unspecified atom stereocenters. The van der Waals surface area contributed by atoms with Crippen LogP contribution in [-0.4, -0.2) is 49.8 Å². The van der Waals surface area contributed by atoms with Gasteiger partial charge in [0.2, 0.25) is 0 Å². The van der Waals surface area contributed by atoms with Gasteiger partial charge in [-0.15, -0.1) is 0 Å². The Hall–Kier alpha value is -0.120. The number of hydrogen-bond donors (Lipinski definition) is 1. The summed E-state index contributed by atoms with van der Waals surface area (Å²) in [5, 5.41) is 3.40. The van der Waals surface area contributed by atoms with Gasteiger partial charge in [-0.3, -0.25) is 4.90 Å². The lowest BCUT2D eigenvalue weighted by atomic mass is 10.1. The van der Waals surface area contributed by atoms with E-state index in [1.165, 1.54) is 19.3 Å². The topological polar surface area (TPSA) is 24.5 Å². The first kappa shape index (κ1) is 11.4. The summed E-state index contributed by atoms with van der Waals surface area (Å²) in [4.78, 5) is 2.65. The van der Waals surface area contributed by atoms with E-state index in [9.17, 15) is 0 Å². The summed E-state index contributed by atoms with van der Waals surface area (Å²) in [6.45, 7) is 5.44. The molecule has 0 bridgehead atoms. The molecule has 88 valence electrons. The van der Waals surface area contributed by atoms with Crippen LogP contribution in [0.2, 0.25) is 0 Å². The summed E-state index contributed by atoms with van der Waals surface area (Å²) in [6.07, 6.45) is 5.66. The van der Waals surface area contributed by atoms with Crippen molar-refractivity contribution >= 4 is 0 Å². The van der Waals surface area contributed by atoms with Crippen LogP contribution >= 0.6 is 0 Å². The predicted octanol–water partition coefficient (Wildman–Crippen LogP) is 1.24. The molecule has 2 rings (SSSR count). The van der Waals surface area contributed by atoms with Gasteiger partial charge in [-0.1, -0.05) is 6.92 Å². The first-order chi connectivity index (χ1) is 7.33. The van der Waals surface area contributed by atoms with Crippen LogP contribution in [0, 0.1) is 0 Å². The SMILES string of the molecule is CCC1CN(C2CCC(NC)C2)CCO1. The van der Waals surface area contributed by atoms with Gasteiger partial charge in [0.05, 0.1) is 12.7 Å². The average Bonchev–Trinajstić information content (AvgIpc) is 2.78. The van der Waals surface area contributed by atoms with Gasteiger partial charge < -0.3 is 10.1 Å². The third-order valence-corrected chi connectivity index (χ3v) is 3.96. The minimum Gasteiger partial charge on any atom is -0.376 e. The number of rotatable bonds is 3. The van der Waals surface area contributed by atoms with Crippen molar-refractivity contribution in [2.45, 2.75) is 50.8 Å². The zero-order chi connectivity index (χ0) is 10.7. The Morgan fingerprint density at radius 2 is 2.27 bits per heavy atom. The molecule has 3 heteroatoms. The van der Waals surface area contributed by atoms with E-state index in [0.29, 0.717) is 6.10 Å². The fourth-order valence-corrected chi connectivity index (χ4v) is 2.87. The molecule has 1 saturated heterocycles. The largest absolute Gasteiger partial charge is 0.376 e. The molecule has 1 aliphatic heterocycles. The van der Waals surface area contributed by atoms with Crippen molar-refractivity contribution in [1.82, 2.24) is 10.2 Å². The second kappa shape index (κ2) is 5.28. The van der Waals surface area contributed by atoms with Crippen LogP contribution in [0.3, 0.4) is 0 Å². The van der Waals surface area contributed by atoms with Crippen LogP contribution in [0.4, 0.5) is 0 Å². The minimum absolute atomic E-state index is 0.479. The Bertz CT molecular complexity index is 198. The normalized spacial score (nSPS) is 38.4. The predicted molar refractivity (Wildman–Crippen MR) is 62.1 cm³/mol. The second-order valence-corrected chi connectivity index (χ2v) is 4.85. The van der Waals surface area contributed by atoms with Crippen LogP contribution < -0.4 is 5.32 Å². The fourth-order valence-electron chi connectivity index (χ4n) is 2.87. The average molecular weight is 212 g/mol. The van der Waals surface area contributed by atoms with Crippen molar-refractivity contribution in [1.29, 1.82) is 0 Å². The minimum atomic E-state index is 0.479. The summed E-state index contributed by atoms with van der Waals surface area (Å²) < 4.78 is 5.71. The molecule has 0 radical (unpaired) electrons. The Morgan fingerprint density at radius 3 is 2.93 bits per heavy atom. The number of ether oxygens (including phenoxy) is 1. The maximum Gasteiger partial charge on any atom is 0.0700 e. The summed E-state index contributed by atoms with van der Waals surface area (Å²) in [5.41, 5.74) is 0. The smallest absolute Gasteiger partial charge is 0.0700 e. The molecule has 0 spiro atoms. The fraction of sp³-hybridized carbons (Fsp3) is 1.00. The van der Waals surface area contributed by atoms with Gasteiger partial charge in [0.15, 0.2) is 0 Å². The van der Waals surface area contributed by atoms with Crippen molar-refractivity contribution in [3.05, 3.63) is 0 Å². The summed E-state index contributed by atoms with van der Waals surface area (Å²) >= 11 is 0. The van der Waals surface area contributed by atoms with E-state index in [2.05, 4.69) is 24.2 Å². The van der Waals surface area contributed by atoms with E-state index < -0.39 is 0 Å². The first-order valence-corrected chi connectivity index (χ1v) is 6.36. The van der Waals surface area contributed by atoms with Crippen molar-refractivity contribution in [2.24, 2.45) is 0 Å². The second-order valence-electron chi connectivity index (χ2n) is 4.85. The molecular formula is C12H24N2O. The van der Waals surface area contributed by atoms with Gasteiger partial charge in [0, 0.05) is 25.2 Å². The first-order valence-electron chi connectivity index (χ1n) is 6.36. The van der Waals surface area contributed by atoms with E-state index in [1.807, 2.05) is 0 Å². The Kier molecular flexibility index (Phi) is 4.00.